The van der Waals surface area contributed by atoms with Crippen LogP contribution in [-0.4, -0.2) is 11.0 Å². The minimum absolute atomic E-state index is 0.138. The van der Waals surface area contributed by atoms with E-state index in [-0.39, 0.29) is 16.8 Å². The van der Waals surface area contributed by atoms with Crippen LogP contribution in [0.3, 0.4) is 0 Å². The number of nitrogens with one attached hydrogen (secondary N) is 2. The number of carbonyl (C=O) groups is 1. The molecule has 2 N–H and O–H groups in total. The molecule has 0 aliphatic heterocycles. The molecule has 1 aromatic heterocycles. The van der Waals surface area contributed by atoms with Crippen LogP contribution < -0.4 is 10.6 Å². The Morgan fingerprint density at radius 3 is 2.78 bits per heavy atom. The molecule has 0 fully saturated rings. The molecule has 0 atom stereocenters. The topological polar surface area (TPSA) is 41.1 Å². The van der Waals surface area contributed by atoms with Crippen LogP contribution in [0, 0.1) is 5.82 Å². The van der Waals surface area contributed by atoms with Crippen LogP contribution in [-0.2, 0) is 0 Å². The Kier molecular flexibility index (Phi) is 4.01. The highest BCUT2D eigenvalue weighted by Crippen LogP contribution is 2.10. The number of anilines is 1. The number of amides is 1. The predicted octanol–water partition coefficient (Wildman–Crippen LogP) is 3.01. The summed E-state index contributed by atoms with van der Waals surface area (Å²) < 4.78 is 12.9. The third-order valence-corrected chi connectivity index (χ3v) is 3.13. The number of thiocarbonyl (C=S) groups is 1. The van der Waals surface area contributed by atoms with Crippen LogP contribution in [0.15, 0.2) is 41.8 Å². The molecule has 18 heavy (non-hydrogen) atoms. The van der Waals surface area contributed by atoms with E-state index in [1.54, 1.807) is 29.6 Å². The van der Waals surface area contributed by atoms with Crippen LogP contribution in [0.25, 0.3) is 0 Å². The number of hydrogen-bond acceptors (Lipinski definition) is 3. The predicted molar refractivity (Wildman–Crippen MR) is 74.4 cm³/mol. The second kappa shape index (κ2) is 5.70. The molecule has 1 amide bonds. The van der Waals surface area contributed by atoms with Crippen molar-refractivity contribution in [2.75, 3.05) is 5.32 Å². The summed E-state index contributed by atoms with van der Waals surface area (Å²) in [6.07, 6.45) is 0. The lowest BCUT2D eigenvalue weighted by molar-refractivity contribution is 0.0981. The van der Waals surface area contributed by atoms with Gasteiger partial charge in [0.2, 0.25) is 0 Å². The highest BCUT2D eigenvalue weighted by atomic mass is 32.1. The lowest BCUT2D eigenvalue weighted by atomic mass is 10.3. The van der Waals surface area contributed by atoms with Gasteiger partial charge in [-0.2, -0.15) is 0 Å². The van der Waals surface area contributed by atoms with Crippen LogP contribution in [0.4, 0.5) is 10.1 Å². The highest BCUT2D eigenvalue weighted by molar-refractivity contribution is 7.80. The molecule has 0 bridgehead atoms. The maximum absolute atomic E-state index is 12.9. The Balaban J connectivity index is 1.95. The number of carbonyl (C=O) groups excluding carboxylic acids is 1. The van der Waals surface area contributed by atoms with Crippen molar-refractivity contribution in [1.82, 2.24) is 5.32 Å². The van der Waals surface area contributed by atoms with Gasteiger partial charge < -0.3 is 5.32 Å². The second-order valence-corrected chi connectivity index (χ2v) is 4.75. The lowest BCUT2D eigenvalue weighted by Crippen LogP contribution is -2.33. The first kappa shape index (κ1) is 12.7. The van der Waals surface area contributed by atoms with Crippen LogP contribution in [0.1, 0.15) is 9.67 Å². The van der Waals surface area contributed by atoms with E-state index >= 15 is 0 Å². The van der Waals surface area contributed by atoms with E-state index in [9.17, 15) is 9.18 Å². The summed E-state index contributed by atoms with van der Waals surface area (Å²) in [5, 5.41) is 7.20. The SMILES string of the molecule is O=C(NC(=S)Nc1cccc(F)c1)c1cccs1. The average molecular weight is 280 g/mol. The van der Waals surface area contributed by atoms with Crippen molar-refractivity contribution in [3.05, 3.63) is 52.5 Å². The largest absolute Gasteiger partial charge is 0.332 e. The molecule has 0 aliphatic carbocycles. The van der Waals surface area contributed by atoms with Gasteiger partial charge in [0.15, 0.2) is 5.11 Å². The summed E-state index contributed by atoms with van der Waals surface area (Å²) in [4.78, 5) is 12.2. The van der Waals surface area contributed by atoms with Gasteiger partial charge in [-0.1, -0.05) is 12.1 Å². The maximum Gasteiger partial charge on any atom is 0.267 e. The van der Waals surface area contributed by atoms with Gasteiger partial charge >= 0.3 is 0 Å². The summed E-state index contributed by atoms with van der Waals surface area (Å²) in [6, 6.07) is 9.32. The zero-order valence-electron chi connectivity index (χ0n) is 9.14. The van der Waals surface area contributed by atoms with Gasteiger partial charge in [0.1, 0.15) is 5.82 Å². The van der Waals surface area contributed by atoms with Gasteiger partial charge in [-0.25, -0.2) is 4.39 Å². The third kappa shape index (κ3) is 3.35. The van der Waals surface area contributed by atoms with Gasteiger partial charge in [0.05, 0.1) is 4.88 Å². The van der Waals surface area contributed by atoms with Crippen molar-refractivity contribution < 1.29 is 9.18 Å². The summed E-state index contributed by atoms with van der Waals surface area (Å²) in [5.41, 5.74) is 0.492. The monoisotopic (exact) mass is 280 g/mol. The van der Waals surface area contributed by atoms with Crippen molar-refractivity contribution in [3.63, 3.8) is 0 Å². The maximum atomic E-state index is 12.9. The number of hydrogen-bond donors (Lipinski definition) is 2. The normalized spacial score (nSPS) is 9.83. The molecule has 0 spiro atoms. The number of benzene rings is 1. The molecular weight excluding hydrogens is 271 g/mol. The van der Waals surface area contributed by atoms with E-state index in [1.165, 1.54) is 23.5 Å². The van der Waals surface area contributed by atoms with Gasteiger partial charge in [-0.3, -0.25) is 10.1 Å². The summed E-state index contributed by atoms with van der Waals surface area (Å²) in [7, 11) is 0. The first-order chi connectivity index (χ1) is 8.65. The molecule has 3 nitrogen and oxygen atoms in total. The Bertz CT molecular complexity index is 569. The average Bonchev–Trinajstić information content (AvgIpc) is 2.81. The first-order valence-corrected chi connectivity index (χ1v) is 6.35. The van der Waals surface area contributed by atoms with Crippen molar-refractivity contribution in [1.29, 1.82) is 0 Å². The molecule has 0 unspecified atom stereocenters. The number of halogens is 1. The molecule has 0 radical (unpaired) electrons. The quantitative estimate of drug-likeness (QED) is 0.831. The fraction of sp³-hybridized carbons (Fsp3) is 0. The minimum Gasteiger partial charge on any atom is -0.332 e. The van der Waals surface area contributed by atoms with Crippen molar-refractivity contribution in [3.8, 4) is 0 Å². The third-order valence-electron chi connectivity index (χ3n) is 2.05. The van der Waals surface area contributed by atoms with E-state index in [2.05, 4.69) is 10.6 Å². The van der Waals surface area contributed by atoms with E-state index in [0.29, 0.717) is 10.6 Å². The van der Waals surface area contributed by atoms with Gasteiger partial charge in [0, 0.05) is 5.69 Å². The fourth-order valence-corrected chi connectivity index (χ4v) is 2.13. The van der Waals surface area contributed by atoms with Gasteiger partial charge in [-0.05, 0) is 41.9 Å². The van der Waals surface area contributed by atoms with Crippen LogP contribution in [0.5, 0.6) is 0 Å². The zero-order valence-corrected chi connectivity index (χ0v) is 10.8. The number of rotatable bonds is 2. The standard InChI is InChI=1S/C12H9FN2OS2/c13-8-3-1-4-9(7-8)14-12(17)15-11(16)10-5-2-6-18-10/h1-7H,(H2,14,15,16,17). The molecule has 1 aromatic carbocycles. The molecule has 0 aliphatic rings. The Labute approximate surface area is 113 Å². The Morgan fingerprint density at radius 1 is 1.28 bits per heavy atom. The molecule has 1 heterocycles. The molecule has 2 rings (SSSR count). The van der Waals surface area contributed by atoms with E-state index in [1.807, 2.05) is 0 Å². The summed E-state index contributed by atoms with van der Waals surface area (Å²) >= 11 is 6.29. The first-order valence-electron chi connectivity index (χ1n) is 5.06. The summed E-state index contributed by atoms with van der Waals surface area (Å²) in [5.74, 6) is -0.647. The molecular formula is C12H9FN2OS2. The summed E-state index contributed by atoms with van der Waals surface area (Å²) in [6.45, 7) is 0. The van der Waals surface area contributed by atoms with Crippen molar-refractivity contribution in [2.45, 2.75) is 0 Å². The number of thiophene rings is 1. The smallest absolute Gasteiger partial charge is 0.267 e. The lowest BCUT2D eigenvalue weighted by Gasteiger charge is -2.08. The zero-order chi connectivity index (χ0) is 13.0. The molecule has 0 saturated carbocycles. The van der Waals surface area contributed by atoms with E-state index in [0.717, 1.165) is 0 Å². The molecule has 0 saturated heterocycles. The molecule has 2 aromatic rings. The Morgan fingerprint density at radius 2 is 2.11 bits per heavy atom. The Hall–Kier alpha value is -1.79. The van der Waals surface area contributed by atoms with Crippen molar-refractivity contribution in [2.24, 2.45) is 0 Å². The molecule has 92 valence electrons. The second-order valence-electron chi connectivity index (χ2n) is 3.40. The van der Waals surface area contributed by atoms with E-state index in [4.69, 9.17) is 12.2 Å². The molecule has 6 heteroatoms. The minimum atomic E-state index is -0.368. The van der Waals surface area contributed by atoms with E-state index < -0.39 is 0 Å². The van der Waals surface area contributed by atoms with Crippen LogP contribution in [0.2, 0.25) is 0 Å². The highest BCUT2D eigenvalue weighted by Gasteiger charge is 2.08. The fourth-order valence-electron chi connectivity index (χ4n) is 1.30. The van der Waals surface area contributed by atoms with Gasteiger partial charge in [-0.15, -0.1) is 11.3 Å². The van der Waals surface area contributed by atoms with Gasteiger partial charge in [0.25, 0.3) is 5.91 Å². The van der Waals surface area contributed by atoms with Crippen molar-refractivity contribution >= 4 is 40.3 Å². The van der Waals surface area contributed by atoms with Crippen LogP contribution >= 0.6 is 23.6 Å².